The Balaban J connectivity index is 1.48. The van der Waals surface area contributed by atoms with Crippen molar-refractivity contribution < 1.29 is 14.5 Å². The summed E-state index contributed by atoms with van der Waals surface area (Å²) >= 11 is 5.79. The fraction of sp³-hybridized carbons (Fsp3) is 0.350. The third kappa shape index (κ3) is 5.74. The third-order valence-corrected chi connectivity index (χ3v) is 5.23. The lowest BCUT2D eigenvalue weighted by Crippen LogP contribution is -2.41. The Morgan fingerprint density at radius 1 is 1.23 bits per heavy atom. The number of non-ortho nitro benzene ring substituents is 1. The molecule has 30 heavy (non-hydrogen) atoms. The van der Waals surface area contributed by atoms with Crippen LogP contribution in [0.4, 0.5) is 17.2 Å². The molecule has 1 fully saturated rings. The summed E-state index contributed by atoms with van der Waals surface area (Å²) in [5, 5.41) is 17.0. The van der Waals surface area contributed by atoms with Crippen LogP contribution in [0, 0.1) is 23.0 Å². The highest BCUT2D eigenvalue weighted by atomic mass is 35.5. The number of nitrogens with zero attached hydrogens (tertiary/aromatic N) is 3. The zero-order chi connectivity index (χ0) is 21.7. The molecule has 0 radical (unpaired) electrons. The number of aromatic nitrogens is 1. The molecule has 10 heteroatoms. The van der Waals surface area contributed by atoms with Crippen LogP contribution in [0.15, 0.2) is 36.5 Å². The van der Waals surface area contributed by atoms with E-state index in [4.69, 9.17) is 11.6 Å². The van der Waals surface area contributed by atoms with E-state index < -0.39 is 4.92 Å². The zero-order valence-corrected chi connectivity index (χ0v) is 17.2. The van der Waals surface area contributed by atoms with Crippen LogP contribution in [0.25, 0.3) is 0 Å². The van der Waals surface area contributed by atoms with Gasteiger partial charge >= 0.3 is 0 Å². The number of carbonyl (C=O) groups excluding carboxylic acids is 2. The number of rotatable bonds is 6. The van der Waals surface area contributed by atoms with Crippen LogP contribution in [0.5, 0.6) is 0 Å². The van der Waals surface area contributed by atoms with Crippen molar-refractivity contribution in [2.75, 3.05) is 30.3 Å². The second kappa shape index (κ2) is 9.64. The number of anilines is 2. The van der Waals surface area contributed by atoms with Gasteiger partial charge < -0.3 is 10.6 Å². The highest BCUT2D eigenvalue weighted by Crippen LogP contribution is 2.23. The SMILES string of the molecule is Cc1ccc([N+](=O)[O-])cc1NC(=O)CN1CCC(C(=O)Nc2ccc(Cl)cn2)CC1. The fourth-order valence-corrected chi connectivity index (χ4v) is 3.39. The van der Waals surface area contributed by atoms with Crippen molar-refractivity contribution in [3.63, 3.8) is 0 Å². The van der Waals surface area contributed by atoms with Gasteiger partial charge in [-0.05, 0) is 50.6 Å². The van der Waals surface area contributed by atoms with E-state index >= 15 is 0 Å². The smallest absolute Gasteiger partial charge is 0.271 e. The summed E-state index contributed by atoms with van der Waals surface area (Å²) in [6.45, 7) is 3.15. The predicted octanol–water partition coefficient (Wildman–Crippen LogP) is 3.24. The van der Waals surface area contributed by atoms with Gasteiger partial charge in [-0.25, -0.2) is 4.98 Å². The van der Waals surface area contributed by atoms with Gasteiger partial charge in [0.2, 0.25) is 11.8 Å². The Labute approximate surface area is 178 Å². The number of nitro groups is 1. The minimum absolute atomic E-state index is 0.0714. The maximum Gasteiger partial charge on any atom is 0.271 e. The number of benzene rings is 1. The number of amides is 2. The molecule has 2 amide bonds. The summed E-state index contributed by atoms with van der Waals surface area (Å²) in [6.07, 6.45) is 2.73. The molecule has 2 aromatic rings. The average molecular weight is 432 g/mol. The lowest BCUT2D eigenvalue weighted by atomic mass is 9.96. The summed E-state index contributed by atoms with van der Waals surface area (Å²) < 4.78 is 0. The van der Waals surface area contributed by atoms with Gasteiger partial charge in [-0.2, -0.15) is 0 Å². The van der Waals surface area contributed by atoms with E-state index in [9.17, 15) is 19.7 Å². The molecule has 1 aromatic carbocycles. The highest BCUT2D eigenvalue weighted by Gasteiger charge is 2.26. The standard InChI is InChI=1S/C20H22ClN5O4/c1-13-2-4-16(26(29)30)10-17(13)23-19(27)12-25-8-6-14(7-9-25)20(28)24-18-5-3-15(21)11-22-18/h2-5,10-11,14H,6-9,12H2,1H3,(H,23,27)(H,22,24,28). The van der Waals surface area contributed by atoms with Gasteiger partial charge in [-0.15, -0.1) is 0 Å². The van der Waals surface area contributed by atoms with Gasteiger partial charge in [0.25, 0.3) is 5.69 Å². The van der Waals surface area contributed by atoms with Crippen molar-refractivity contribution in [2.45, 2.75) is 19.8 Å². The molecule has 2 N–H and O–H groups in total. The number of nitro benzene ring substituents is 1. The number of likely N-dealkylation sites (tertiary alicyclic amines) is 1. The molecule has 0 saturated carbocycles. The van der Waals surface area contributed by atoms with Crippen LogP contribution in [0.2, 0.25) is 5.02 Å². The summed E-state index contributed by atoms with van der Waals surface area (Å²) in [5.41, 5.74) is 1.11. The highest BCUT2D eigenvalue weighted by molar-refractivity contribution is 6.30. The van der Waals surface area contributed by atoms with Crippen molar-refractivity contribution in [1.82, 2.24) is 9.88 Å². The molecular weight excluding hydrogens is 410 g/mol. The first kappa shape index (κ1) is 21.7. The second-order valence-corrected chi connectivity index (χ2v) is 7.64. The summed E-state index contributed by atoms with van der Waals surface area (Å²) in [7, 11) is 0. The van der Waals surface area contributed by atoms with Crippen LogP contribution < -0.4 is 10.6 Å². The number of halogens is 1. The van der Waals surface area contributed by atoms with E-state index in [0.717, 1.165) is 5.56 Å². The fourth-order valence-electron chi connectivity index (χ4n) is 3.28. The molecule has 2 heterocycles. The minimum Gasteiger partial charge on any atom is -0.324 e. The monoisotopic (exact) mass is 431 g/mol. The molecule has 0 bridgehead atoms. The quantitative estimate of drug-likeness (QED) is 0.535. The number of piperidine rings is 1. The van der Waals surface area contributed by atoms with Gasteiger partial charge in [-0.3, -0.25) is 24.6 Å². The van der Waals surface area contributed by atoms with Crippen molar-refractivity contribution >= 4 is 40.6 Å². The molecule has 9 nitrogen and oxygen atoms in total. The number of hydrogen-bond acceptors (Lipinski definition) is 6. The van der Waals surface area contributed by atoms with Crippen molar-refractivity contribution in [3.05, 3.63) is 57.2 Å². The Morgan fingerprint density at radius 3 is 2.60 bits per heavy atom. The molecule has 0 spiro atoms. The van der Waals surface area contributed by atoms with Gasteiger partial charge in [0, 0.05) is 24.2 Å². The molecule has 0 atom stereocenters. The van der Waals surface area contributed by atoms with E-state index in [1.807, 2.05) is 4.90 Å². The molecule has 1 aromatic heterocycles. The van der Waals surface area contributed by atoms with E-state index in [0.29, 0.717) is 42.5 Å². The van der Waals surface area contributed by atoms with Crippen molar-refractivity contribution in [2.24, 2.45) is 5.92 Å². The van der Waals surface area contributed by atoms with Crippen LogP contribution >= 0.6 is 11.6 Å². The Morgan fingerprint density at radius 2 is 1.97 bits per heavy atom. The first-order chi connectivity index (χ1) is 14.3. The third-order valence-electron chi connectivity index (χ3n) is 5.01. The summed E-state index contributed by atoms with van der Waals surface area (Å²) in [5.74, 6) is -0.0349. The maximum atomic E-state index is 12.4. The first-order valence-electron chi connectivity index (χ1n) is 9.51. The second-order valence-electron chi connectivity index (χ2n) is 7.21. The molecular formula is C20H22ClN5O4. The largest absolute Gasteiger partial charge is 0.324 e. The van der Waals surface area contributed by atoms with Crippen molar-refractivity contribution in [3.8, 4) is 0 Å². The van der Waals surface area contributed by atoms with Crippen LogP contribution in [-0.2, 0) is 9.59 Å². The van der Waals surface area contributed by atoms with E-state index in [1.165, 1.54) is 18.3 Å². The lowest BCUT2D eigenvalue weighted by Gasteiger charge is -2.30. The average Bonchev–Trinajstić information content (AvgIpc) is 2.71. The molecule has 3 rings (SSSR count). The Bertz CT molecular complexity index is 943. The number of pyridine rings is 1. The molecule has 0 unspecified atom stereocenters. The van der Waals surface area contributed by atoms with Crippen LogP contribution in [-0.4, -0.2) is 46.3 Å². The predicted molar refractivity (Wildman–Crippen MR) is 114 cm³/mol. The molecule has 0 aliphatic carbocycles. The molecule has 1 saturated heterocycles. The first-order valence-corrected chi connectivity index (χ1v) is 9.89. The number of hydrogen-bond donors (Lipinski definition) is 2. The number of aryl methyl sites for hydroxylation is 1. The number of carbonyl (C=O) groups is 2. The molecule has 1 aliphatic rings. The lowest BCUT2D eigenvalue weighted by molar-refractivity contribution is -0.384. The van der Waals surface area contributed by atoms with Crippen LogP contribution in [0.1, 0.15) is 18.4 Å². The summed E-state index contributed by atoms with van der Waals surface area (Å²) in [6, 6.07) is 7.67. The zero-order valence-electron chi connectivity index (χ0n) is 16.4. The normalized spacial score (nSPS) is 14.9. The van der Waals surface area contributed by atoms with E-state index in [1.54, 1.807) is 25.1 Å². The van der Waals surface area contributed by atoms with Crippen LogP contribution in [0.3, 0.4) is 0 Å². The van der Waals surface area contributed by atoms with Gasteiger partial charge in [0.1, 0.15) is 5.82 Å². The van der Waals surface area contributed by atoms with Gasteiger partial charge in [0.15, 0.2) is 0 Å². The van der Waals surface area contributed by atoms with Gasteiger partial charge in [-0.1, -0.05) is 17.7 Å². The topological polar surface area (TPSA) is 117 Å². The Hall–Kier alpha value is -3.04. The minimum atomic E-state index is -0.496. The maximum absolute atomic E-state index is 12.4. The Kier molecular flexibility index (Phi) is 6.96. The summed E-state index contributed by atoms with van der Waals surface area (Å²) in [4.78, 5) is 41.2. The van der Waals surface area contributed by atoms with Gasteiger partial charge in [0.05, 0.1) is 22.2 Å². The molecule has 1 aliphatic heterocycles. The molecule has 158 valence electrons. The van der Waals surface area contributed by atoms with E-state index in [2.05, 4.69) is 15.6 Å². The number of nitrogens with one attached hydrogen (secondary N) is 2. The van der Waals surface area contributed by atoms with E-state index in [-0.39, 0.29) is 30.0 Å². The van der Waals surface area contributed by atoms with Crippen molar-refractivity contribution in [1.29, 1.82) is 0 Å².